The molecule has 0 atom stereocenters. The van der Waals surface area contributed by atoms with Crippen molar-refractivity contribution in [1.29, 1.82) is 0 Å². The fourth-order valence-corrected chi connectivity index (χ4v) is 2.17. The smallest absolute Gasteiger partial charge is 0.341 e. The number of rotatable bonds is 4. The molecule has 0 saturated carbocycles. The highest BCUT2D eigenvalue weighted by molar-refractivity contribution is 6.20. The summed E-state index contributed by atoms with van der Waals surface area (Å²) < 4.78 is 6.43. The predicted octanol–water partition coefficient (Wildman–Crippen LogP) is 2.60. The molecule has 0 saturated heterocycles. The van der Waals surface area contributed by atoms with Crippen LogP contribution in [0, 0.1) is 0 Å². The molecule has 2 rings (SSSR count). The molecule has 0 N–H and O–H groups in total. The third-order valence-electron chi connectivity index (χ3n) is 3.23. The van der Waals surface area contributed by atoms with Crippen molar-refractivity contribution in [2.24, 2.45) is 0 Å². The number of esters is 1. The van der Waals surface area contributed by atoms with Crippen LogP contribution in [0.25, 0.3) is 11.6 Å². The number of nitrogens with zero attached hydrogens (tertiary/aromatic N) is 2. The number of hydrogen-bond acceptors (Lipinski definition) is 4. The Kier molecular flexibility index (Phi) is 4.21. The van der Waals surface area contributed by atoms with Gasteiger partial charge in [0.15, 0.2) is 5.78 Å². The molecule has 0 bridgehead atoms. The normalized spacial score (nSPS) is 12.0. The molecule has 0 fully saturated rings. The van der Waals surface area contributed by atoms with Gasteiger partial charge in [-0.25, -0.2) is 9.31 Å². The zero-order chi connectivity index (χ0) is 15.6. The highest BCUT2D eigenvalue weighted by Crippen LogP contribution is 2.25. The van der Waals surface area contributed by atoms with Gasteiger partial charge in [-0.3, -0.25) is 4.79 Å². The largest absolute Gasteiger partial charge is 0.465 e. The molecule has 0 spiro atoms. The summed E-state index contributed by atoms with van der Waals surface area (Å²) in [4.78, 5) is 23.4. The van der Waals surface area contributed by atoms with Crippen LogP contribution in [-0.4, -0.2) is 28.5 Å². The first kappa shape index (κ1) is 15.0. The van der Waals surface area contributed by atoms with E-state index in [4.69, 9.17) is 0 Å². The highest BCUT2D eigenvalue weighted by atomic mass is 16.5. The van der Waals surface area contributed by atoms with Gasteiger partial charge in [0.1, 0.15) is 5.57 Å². The first-order valence-electron chi connectivity index (χ1n) is 6.74. The van der Waals surface area contributed by atoms with Crippen molar-refractivity contribution in [3.63, 3.8) is 0 Å². The molecule has 2 aromatic heterocycles. The van der Waals surface area contributed by atoms with E-state index in [1.54, 1.807) is 10.6 Å². The monoisotopic (exact) mass is 286 g/mol. The van der Waals surface area contributed by atoms with Gasteiger partial charge in [0.2, 0.25) is 0 Å². The summed E-state index contributed by atoms with van der Waals surface area (Å²) in [7, 11) is 1.26. The summed E-state index contributed by atoms with van der Waals surface area (Å²) >= 11 is 0. The molecule has 0 amide bonds. The van der Waals surface area contributed by atoms with Crippen LogP contribution < -0.4 is 0 Å². The van der Waals surface area contributed by atoms with E-state index in [2.05, 4.69) is 9.84 Å². The molecule has 0 aromatic carbocycles. The summed E-state index contributed by atoms with van der Waals surface area (Å²) in [5.74, 6) is -0.790. The van der Waals surface area contributed by atoms with Gasteiger partial charge in [0.25, 0.3) is 0 Å². The SMILES string of the molecule is COC(=O)C(=Cc1c(C(C)C)nn2ccccc12)C(C)=O. The molecule has 0 radical (unpaired) electrons. The van der Waals surface area contributed by atoms with Gasteiger partial charge in [0.05, 0.1) is 18.3 Å². The lowest BCUT2D eigenvalue weighted by Gasteiger charge is -2.04. The minimum atomic E-state index is -0.632. The molecule has 0 aliphatic carbocycles. The first-order chi connectivity index (χ1) is 9.95. The van der Waals surface area contributed by atoms with Gasteiger partial charge in [-0.15, -0.1) is 0 Å². The van der Waals surface area contributed by atoms with Crippen LogP contribution in [0.2, 0.25) is 0 Å². The summed E-state index contributed by atoms with van der Waals surface area (Å²) in [5.41, 5.74) is 2.49. The van der Waals surface area contributed by atoms with Gasteiger partial charge in [-0.2, -0.15) is 5.10 Å². The number of ether oxygens (including phenoxy) is 1. The number of carbonyl (C=O) groups is 2. The maximum absolute atomic E-state index is 11.8. The third kappa shape index (κ3) is 2.86. The second kappa shape index (κ2) is 5.91. The summed E-state index contributed by atoms with van der Waals surface area (Å²) in [6.45, 7) is 5.39. The molecule has 5 heteroatoms. The van der Waals surface area contributed by atoms with Gasteiger partial charge >= 0.3 is 5.97 Å². The van der Waals surface area contributed by atoms with Crippen LogP contribution in [0.15, 0.2) is 30.0 Å². The Balaban J connectivity index is 2.71. The number of pyridine rings is 1. The standard InChI is InChI=1S/C16H18N2O3/c1-10(2)15-13(9-12(11(3)19)16(20)21-4)14-7-5-6-8-18(14)17-15/h5-10H,1-4H3. The third-order valence-corrected chi connectivity index (χ3v) is 3.23. The number of fused-ring (bicyclic) bond motifs is 1. The van der Waals surface area contributed by atoms with Gasteiger partial charge < -0.3 is 4.74 Å². The van der Waals surface area contributed by atoms with Crippen LogP contribution in [0.5, 0.6) is 0 Å². The quantitative estimate of drug-likeness (QED) is 0.375. The van der Waals surface area contributed by atoms with Crippen LogP contribution in [0.1, 0.15) is 37.9 Å². The summed E-state index contributed by atoms with van der Waals surface area (Å²) in [6, 6.07) is 5.67. The van der Waals surface area contributed by atoms with Crippen molar-refractivity contribution < 1.29 is 14.3 Å². The number of aromatic nitrogens is 2. The lowest BCUT2D eigenvalue weighted by molar-refractivity contribution is -0.137. The van der Waals surface area contributed by atoms with Gasteiger partial charge in [-0.1, -0.05) is 19.9 Å². The molecule has 0 aliphatic heterocycles. The van der Waals surface area contributed by atoms with E-state index in [1.807, 2.05) is 38.2 Å². The molecule has 0 aliphatic rings. The van der Waals surface area contributed by atoms with Crippen LogP contribution in [0.4, 0.5) is 0 Å². The Morgan fingerprint density at radius 3 is 2.62 bits per heavy atom. The van der Waals surface area contributed by atoms with E-state index in [1.165, 1.54) is 14.0 Å². The minimum absolute atomic E-state index is 0.0261. The molecule has 2 aromatic rings. The molecule has 2 heterocycles. The Morgan fingerprint density at radius 2 is 2.05 bits per heavy atom. The molecule has 5 nitrogen and oxygen atoms in total. The zero-order valence-electron chi connectivity index (χ0n) is 12.6. The van der Waals surface area contributed by atoms with E-state index in [0.29, 0.717) is 0 Å². The lowest BCUT2D eigenvalue weighted by Crippen LogP contribution is -2.11. The van der Waals surface area contributed by atoms with Crippen molar-refractivity contribution in [2.75, 3.05) is 7.11 Å². The van der Waals surface area contributed by atoms with Crippen LogP contribution in [-0.2, 0) is 14.3 Å². The second-order valence-electron chi connectivity index (χ2n) is 5.09. The second-order valence-corrected chi connectivity index (χ2v) is 5.09. The predicted molar refractivity (Wildman–Crippen MR) is 80.0 cm³/mol. The molecule has 21 heavy (non-hydrogen) atoms. The molecular formula is C16H18N2O3. The number of ketones is 1. The average Bonchev–Trinajstić information content (AvgIpc) is 2.82. The Morgan fingerprint density at radius 1 is 1.33 bits per heavy atom. The lowest BCUT2D eigenvalue weighted by atomic mass is 10.0. The van der Waals surface area contributed by atoms with E-state index >= 15 is 0 Å². The van der Waals surface area contributed by atoms with E-state index in [0.717, 1.165) is 16.8 Å². The fourth-order valence-electron chi connectivity index (χ4n) is 2.17. The highest BCUT2D eigenvalue weighted by Gasteiger charge is 2.19. The Hall–Kier alpha value is -2.43. The summed E-state index contributed by atoms with van der Waals surface area (Å²) in [6.07, 6.45) is 3.41. The Bertz CT molecular complexity index is 726. The number of Topliss-reactive ketones (excluding diaryl/α,β-unsaturated/α-hetero) is 1. The maximum Gasteiger partial charge on any atom is 0.341 e. The fraction of sp³-hybridized carbons (Fsp3) is 0.312. The number of carbonyl (C=O) groups excluding carboxylic acids is 2. The Labute approximate surface area is 123 Å². The van der Waals surface area contributed by atoms with E-state index < -0.39 is 5.97 Å². The first-order valence-corrected chi connectivity index (χ1v) is 6.74. The molecule has 110 valence electrons. The van der Waals surface area contributed by atoms with Crippen molar-refractivity contribution in [3.8, 4) is 0 Å². The summed E-state index contributed by atoms with van der Waals surface area (Å²) in [5, 5.41) is 4.52. The van der Waals surface area contributed by atoms with Crippen molar-refractivity contribution >= 4 is 23.3 Å². The van der Waals surface area contributed by atoms with E-state index in [9.17, 15) is 9.59 Å². The minimum Gasteiger partial charge on any atom is -0.465 e. The number of methoxy groups -OCH3 is 1. The van der Waals surface area contributed by atoms with Crippen molar-refractivity contribution in [2.45, 2.75) is 26.7 Å². The topological polar surface area (TPSA) is 60.7 Å². The van der Waals surface area contributed by atoms with E-state index in [-0.39, 0.29) is 17.3 Å². The van der Waals surface area contributed by atoms with Crippen LogP contribution >= 0.6 is 0 Å². The maximum atomic E-state index is 11.8. The van der Waals surface area contributed by atoms with Crippen LogP contribution in [0.3, 0.4) is 0 Å². The van der Waals surface area contributed by atoms with Gasteiger partial charge in [-0.05, 0) is 31.1 Å². The molecule has 0 unspecified atom stereocenters. The van der Waals surface area contributed by atoms with Crippen molar-refractivity contribution in [3.05, 3.63) is 41.2 Å². The van der Waals surface area contributed by atoms with Gasteiger partial charge in [0, 0.05) is 11.8 Å². The average molecular weight is 286 g/mol. The molecular weight excluding hydrogens is 268 g/mol. The number of hydrogen-bond donors (Lipinski definition) is 0. The van der Waals surface area contributed by atoms with Crippen molar-refractivity contribution in [1.82, 2.24) is 9.61 Å². The zero-order valence-corrected chi connectivity index (χ0v) is 12.6.